The van der Waals surface area contributed by atoms with E-state index in [0.29, 0.717) is 6.42 Å². The van der Waals surface area contributed by atoms with E-state index >= 15 is 0 Å². The Morgan fingerprint density at radius 2 is 1.29 bits per heavy atom. The zero-order valence-electron chi connectivity index (χ0n) is 16.1. The van der Waals surface area contributed by atoms with Crippen LogP contribution in [-0.2, 0) is 14.6 Å². The quantitative estimate of drug-likeness (QED) is 0.220. The largest absolute Gasteiger partial charge is 0.726 e. The lowest BCUT2D eigenvalue weighted by atomic mass is 10.1. The van der Waals surface area contributed by atoms with Gasteiger partial charge in [0, 0.05) is 0 Å². The van der Waals surface area contributed by atoms with Crippen molar-refractivity contribution in [3.05, 3.63) is 0 Å². The normalized spacial score (nSPS) is 11.9. The highest BCUT2D eigenvalue weighted by molar-refractivity contribution is 7.80. The van der Waals surface area contributed by atoms with Gasteiger partial charge in [-0.3, -0.25) is 4.18 Å². The average Bonchev–Trinajstić information content (AvgIpc) is 2.43. The fourth-order valence-corrected chi connectivity index (χ4v) is 2.37. The number of aliphatic hydroxyl groups is 1. The number of hydrogen-bond acceptors (Lipinski definition) is 5. The van der Waals surface area contributed by atoms with Gasteiger partial charge < -0.3 is 14.1 Å². The minimum absolute atomic E-state index is 0.0301. The second-order valence-corrected chi connectivity index (χ2v) is 8.20. The zero-order valence-corrected chi connectivity index (χ0v) is 16.9. The second-order valence-electron chi connectivity index (χ2n) is 7.15. The van der Waals surface area contributed by atoms with Crippen LogP contribution in [0.1, 0.15) is 71.1 Å². The van der Waals surface area contributed by atoms with E-state index in [-0.39, 0.29) is 13.2 Å². The summed E-state index contributed by atoms with van der Waals surface area (Å²) in [6.45, 7) is 3.36. The molecule has 6 nitrogen and oxygen atoms in total. The van der Waals surface area contributed by atoms with Crippen LogP contribution in [0, 0.1) is 0 Å². The molecule has 7 heteroatoms. The molecule has 0 atom stereocenters. The first kappa shape index (κ1) is 26.0. The third-order valence-electron chi connectivity index (χ3n) is 3.50. The molecule has 0 aromatic carbocycles. The molecule has 0 bridgehead atoms. The maximum Gasteiger partial charge on any atom is 0.217 e. The molecule has 1 N–H and O–H groups in total. The fraction of sp³-hybridized carbons (Fsp3) is 1.00. The van der Waals surface area contributed by atoms with Gasteiger partial charge in [0.15, 0.2) is 0 Å². The second kappa shape index (κ2) is 16.3. The average molecular weight is 370 g/mol. The first-order chi connectivity index (χ1) is 11.1. The Hall–Kier alpha value is -0.210. The molecule has 0 unspecified atom stereocenters. The molecular formula is C17H39NO5S. The van der Waals surface area contributed by atoms with Crippen LogP contribution in [0.2, 0.25) is 0 Å². The summed E-state index contributed by atoms with van der Waals surface area (Å²) in [7, 11) is 1.67. The Bertz CT molecular complexity index is 352. The van der Waals surface area contributed by atoms with Crippen molar-refractivity contribution in [1.29, 1.82) is 0 Å². The van der Waals surface area contributed by atoms with E-state index in [1.165, 1.54) is 44.9 Å². The van der Waals surface area contributed by atoms with Crippen LogP contribution < -0.4 is 0 Å². The van der Waals surface area contributed by atoms with Gasteiger partial charge in [0.25, 0.3) is 0 Å². The number of hydrogen-bond donors (Lipinski definition) is 1. The van der Waals surface area contributed by atoms with E-state index in [0.717, 1.165) is 23.9 Å². The van der Waals surface area contributed by atoms with E-state index in [9.17, 15) is 13.0 Å². The van der Waals surface area contributed by atoms with Crippen LogP contribution >= 0.6 is 0 Å². The van der Waals surface area contributed by atoms with Gasteiger partial charge >= 0.3 is 0 Å². The van der Waals surface area contributed by atoms with Gasteiger partial charge in [-0.05, 0) is 6.42 Å². The van der Waals surface area contributed by atoms with Gasteiger partial charge in [-0.25, -0.2) is 8.42 Å². The standard InChI is InChI=1S/C12H26O4S.C5H14NO/c1-2-3-4-5-6-7-8-9-10-11-12-16-17(13,14)15;1-6(2,3)4-5-7/h2-12H2,1H3,(H,13,14,15);7H,4-5H2,1-3H3/q;+1/p-1. The third kappa shape index (κ3) is 29.8. The summed E-state index contributed by atoms with van der Waals surface area (Å²) in [6, 6.07) is 0. The van der Waals surface area contributed by atoms with Gasteiger partial charge in [0.05, 0.1) is 34.4 Å². The van der Waals surface area contributed by atoms with Crippen LogP contribution in [0.4, 0.5) is 0 Å². The van der Waals surface area contributed by atoms with Gasteiger partial charge in [-0.2, -0.15) is 0 Å². The number of nitrogens with zero attached hydrogens (tertiary/aromatic N) is 1. The zero-order chi connectivity index (χ0) is 18.9. The first-order valence-electron chi connectivity index (χ1n) is 9.14. The molecule has 0 heterocycles. The number of rotatable bonds is 14. The monoisotopic (exact) mass is 369 g/mol. The molecule has 0 aliphatic rings. The molecular weight excluding hydrogens is 330 g/mol. The minimum atomic E-state index is -4.48. The molecule has 0 aliphatic heterocycles. The van der Waals surface area contributed by atoms with Crippen LogP contribution in [0.15, 0.2) is 0 Å². The lowest BCUT2D eigenvalue weighted by molar-refractivity contribution is -0.870. The van der Waals surface area contributed by atoms with Crippen LogP contribution in [0.5, 0.6) is 0 Å². The molecule has 0 aromatic rings. The maximum atomic E-state index is 10.1. The molecule has 0 saturated carbocycles. The van der Waals surface area contributed by atoms with Gasteiger partial charge in [-0.15, -0.1) is 0 Å². The molecule has 0 rings (SSSR count). The molecule has 148 valence electrons. The predicted molar refractivity (Wildman–Crippen MR) is 97.5 cm³/mol. The number of likely N-dealkylation sites (N-methyl/N-ethyl adjacent to an activating group) is 1. The van der Waals surface area contributed by atoms with Crippen molar-refractivity contribution in [2.75, 3.05) is 40.9 Å². The lowest BCUT2D eigenvalue weighted by Crippen LogP contribution is -2.36. The molecule has 0 spiro atoms. The summed E-state index contributed by atoms with van der Waals surface area (Å²) in [5.74, 6) is 0. The summed E-state index contributed by atoms with van der Waals surface area (Å²) in [5.41, 5.74) is 0. The topological polar surface area (TPSA) is 86.7 Å². The van der Waals surface area contributed by atoms with Crippen LogP contribution in [-0.4, -0.2) is 63.5 Å². The predicted octanol–water partition coefficient (Wildman–Crippen LogP) is 3.07. The van der Waals surface area contributed by atoms with E-state index in [1.807, 2.05) is 0 Å². The highest BCUT2D eigenvalue weighted by Crippen LogP contribution is 2.10. The minimum Gasteiger partial charge on any atom is -0.726 e. The smallest absolute Gasteiger partial charge is 0.217 e. The van der Waals surface area contributed by atoms with E-state index in [1.54, 1.807) is 0 Å². The van der Waals surface area contributed by atoms with Crippen molar-refractivity contribution in [2.24, 2.45) is 0 Å². The summed E-state index contributed by atoms with van der Waals surface area (Å²) < 4.78 is 35.3. The van der Waals surface area contributed by atoms with Crippen molar-refractivity contribution in [3.63, 3.8) is 0 Å². The van der Waals surface area contributed by atoms with Crippen LogP contribution in [0.3, 0.4) is 0 Å². The summed E-state index contributed by atoms with van der Waals surface area (Å²) in [6.07, 6.45) is 11.7. The highest BCUT2D eigenvalue weighted by atomic mass is 32.3. The van der Waals surface area contributed by atoms with Crippen molar-refractivity contribution in [2.45, 2.75) is 71.1 Å². The van der Waals surface area contributed by atoms with E-state index in [2.05, 4.69) is 32.2 Å². The van der Waals surface area contributed by atoms with Gasteiger partial charge in [-0.1, -0.05) is 64.7 Å². The summed E-state index contributed by atoms with van der Waals surface area (Å²) >= 11 is 0. The fourth-order valence-electron chi connectivity index (χ4n) is 2.05. The van der Waals surface area contributed by atoms with Gasteiger partial charge in [0.2, 0.25) is 10.4 Å². The van der Waals surface area contributed by atoms with Crippen molar-refractivity contribution < 1.29 is 26.7 Å². The van der Waals surface area contributed by atoms with E-state index in [4.69, 9.17) is 5.11 Å². The Kier molecular flexibility index (Phi) is 17.6. The number of unbranched alkanes of at least 4 members (excludes halogenated alkanes) is 9. The van der Waals surface area contributed by atoms with E-state index < -0.39 is 10.4 Å². The van der Waals surface area contributed by atoms with Crippen molar-refractivity contribution >= 4 is 10.4 Å². The molecule has 0 fully saturated rings. The van der Waals surface area contributed by atoms with Crippen LogP contribution in [0.25, 0.3) is 0 Å². The Morgan fingerprint density at radius 3 is 1.58 bits per heavy atom. The van der Waals surface area contributed by atoms with Crippen molar-refractivity contribution in [3.8, 4) is 0 Å². The Morgan fingerprint density at radius 1 is 0.875 bits per heavy atom. The first-order valence-corrected chi connectivity index (χ1v) is 10.5. The van der Waals surface area contributed by atoms with Gasteiger partial charge in [0.1, 0.15) is 6.54 Å². The molecule has 0 aliphatic carbocycles. The lowest BCUT2D eigenvalue weighted by Gasteiger charge is -2.21. The highest BCUT2D eigenvalue weighted by Gasteiger charge is 2.02. The molecule has 0 radical (unpaired) electrons. The molecule has 0 saturated heterocycles. The Labute approximate surface area is 149 Å². The number of quaternary nitrogens is 1. The molecule has 0 aromatic heterocycles. The summed E-state index contributed by atoms with van der Waals surface area (Å²) in [5, 5.41) is 8.39. The summed E-state index contributed by atoms with van der Waals surface area (Å²) in [4.78, 5) is 0. The van der Waals surface area contributed by atoms with Crippen molar-refractivity contribution in [1.82, 2.24) is 0 Å². The number of aliphatic hydroxyl groups excluding tert-OH is 1. The molecule has 24 heavy (non-hydrogen) atoms. The maximum absolute atomic E-state index is 10.1. The molecule has 0 amide bonds. The third-order valence-corrected chi connectivity index (χ3v) is 3.95. The Balaban J connectivity index is 0. The SMILES string of the molecule is CCCCCCCCCCCCOS(=O)(=O)[O-].C[N+](C)(C)CCO.